The molecule has 1 heterocycles. The lowest BCUT2D eigenvalue weighted by Crippen LogP contribution is -2.23. The smallest absolute Gasteiger partial charge is 0.404 e. The van der Waals surface area contributed by atoms with E-state index in [2.05, 4.69) is 32.3 Å². The summed E-state index contributed by atoms with van der Waals surface area (Å²) in [7, 11) is 0. The first-order valence-electron chi connectivity index (χ1n) is 13.3. The maximum absolute atomic E-state index is 12.8. The van der Waals surface area contributed by atoms with Crippen molar-refractivity contribution in [1.29, 1.82) is 0 Å². The van der Waals surface area contributed by atoms with Crippen LogP contribution in [-0.4, -0.2) is 41.7 Å². The number of pyridine rings is 1. The van der Waals surface area contributed by atoms with E-state index in [1.54, 1.807) is 6.20 Å². The van der Waals surface area contributed by atoms with Gasteiger partial charge in [0.1, 0.15) is 0 Å². The van der Waals surface area contributed by atoms with Crippen molar-refractivity contribution >= 4 is 40.0 Å². The summed E-state index contributed by atoms with van der Waals surface area (Å²) in [6, 6.07) is 15.9. The summed E-state index contributed by atoms with van der Waals surface area (Å²) in [5.74, 6) is -0.148. The highest BCUT2D eigenvalue weighted by atomic mass is 16.4. The van der Waals surface area contributed by atoms with E-state index in [4.69, 9.17) is 5.11 Å². The van der Waals surface area contributed by atoms with Crippen molar-refractivity contribution in [3.05, 3.63) is 60.3 Å². The predicted octanol–water partition coefficient (Wildman–Crippen LogP) is 6.53. The number of para-hydroxylation sites is 1. The molecule has 8 nitrogen and oxygen atoms in total. The van der Waals surface area contributed by atoms with Gasteiger partial charge in [-0.2, -0.15) is 0 Å². The number of aromatic nitrogens is 1. The van der Waals surface area contributed by atoms with Gasteiger partial charge in [0.25, 0.3) is 5.91 Å². The fourth-order valence-corrected chi connectivity index (χ4v) is 4.27. The van der Waals surface area contributed by atoms with Gasteiger partial charge >= 0.3 is 6.09 Å². The summed E-state index contributed by atoms with van der Waals surface area (Å²) in [5, 5.41) is 21.7. The SMILES string of the molecule is CCNC(=O)c1cnc2ccc(NCCCCCCCCCCNC(=O)O)cc2c1Nc1ccccc1. The quantitative estimate of drug-likeness (QED) is 0.141. The van der Waals surface area contributed by atoms with Gasteiger partial charge in [-0.25, -0.2) is 4.79 Å². The molecule has 0 fully saturated rings. The van der Waals surface area contributed by atoms with Gasteiger partial charge in [-0.15, -0.1) is 0 Å². The number of carbonyl (C=O) groups excluding carboxylic acids is 1. The number of unbranched alkanes of at least 4 members (excludes halogenated alkanes) is 7. The lowest BCUT2D eigenvalue weighted by atomic mass is 10.1. The fraction of sp³-hybridized carbons (Fsp3) is 0.414. The Morgan fingerprint density at radius 3 is 2.16 bits per heavy atom. The molecule has 0 spiro atoms. The monoisotopic (exact) mass is 505 g/mol. The Bertz CT molecular complexity index is 1140. The Morgan fingerprint density at radius 1 is 0.811 bits per heavy atom. The minimum absolute atomic E-state index is 0.148. The topological polar surface area (TPSA) is 115 Å². The van der Waals surface area contributed by atoms with Crippen LogP contribution < -0.4 is 21.3 Å². The summed E-state index contributed by atoms with van der Waals surface area (Å²) in [6.07, 6.45) is 9.71. The van der Waals surface area contributed by atoms with E-state index in [0.717, 1.165) is 60.2 Å². The first kappa shape index (κ1) is 27.8. The number of hydrogen-bond acceptors (Lipinski definition) is 5. The van der Waals surface area contributed by atoms with E-state index in [1.807, 2.05) is 49.4 Å². The van der Waals surface area contributed by atoms with Crippen LogP contribution in [0.25, 0.3) is 10.9 Å². The van der Waals surface area contributed by atoms with Crippen molar-refractivity contribution < 1.29 is 14.7 Å². The highest BCUT2D eigenvalue weighted by molar-refractivity contribution is 6.08. The molecular weight excluding hydrogens is 466 g/mol. The molecule has 0 radical (unpaired) electrons. The van der Waals surface area contributed by atoms with Gasteiger partial charge in [0, 0.05) is 42.6 Å². The van der Waals surface area contributed by atoms with E-state index in [1.165, 1.54) is 25.7 Å². The van der Waals surface area contributed by atoms with Crippen molar-refractivity contribution in [2.75, 3.05) is 30.3 Å². The van der Waals surface area contributed by atoms with Gasteiger partial charge in [0.15, 0.2) is 0 Å². The van der Waals surface area contributed by atoms with Crippen LogP contribution in [0.3, 0.4) is 0 Å². The lowest BCUT2D eigenvalue weighted by molar-refractivity contribution is 0.0956. The van der Waals surface area contributed by atoms with E-state index >= 15 is 0 Å². The third-order valence-electron chi connectivity index (χ3n) is 6.20. The average Bonchev–Trinajstić information content (AvgIpc) is 2.90. The van der Waals surface area contributed by atoms with Gasteiger partial charge in [0.05, 0.1) is 16.8 Å². The molecule has 0 bridgehead atoms. The minimum Gasteiger partial charge on any atom is -0.465 e. The maximum Gasteiger partial charge on any atom is 0.404 e. The van der Waals surface area contributed by atoms with Crippen molar-refractivity contribution in [3.8, 4) is 0 Å². The third-order valence-corrected chi connectivity index (χ3v) is 6.20. The van der Waals surface area contributed by atoms with Crippen LogP contribution in [0, 0.1) is 0 Å². The second kappa shape index (κ2) is 15.3. The van der Waals surface area contributed by atoms with Crippen LogP contribution in [0.5, 0.6) is 0 Å². The Labute approximate surface area is 219 Å². The number of carboxylic acid groups (broad SMARTS) is 1. The molecule has 1 aromatic heterocycles. The molecule has 8 heteroatoms. The summed E-state index contributed by atoms with van der Waals surface area (Å²) in [6.45, 7) is 3.88. The van der Waals surface area contributed by atoms with Gasteiger partial charge in [-0.1, -0.05) is 56.7 Å². The third kappa shape index (κ3) is 9.29. The fourth-order valence-electron chi connectivity index (χ4n) is 4.27. The van der Waals surface area contributed by atoms with Crippen LogP contribution in [0.1, 0.15) is 68.6 Å². The van der Waals surface area contributed by atoms with Crippen molar-refractivity contribution in [2.45, 2.75) is 58.3 Å². The highest BCUT2D eigenvalue weighted by Crippen LogP contribution is 2.31. The zero-order valence-corrected chi connectivity index (χ0v) is 21.7. The van der Waals surface area contributed by atoms with Gasteiger partial charge < -0.3 is 26.4 Å². The molecule has 5 N–H and O–H groups in total. The largest absolute Gasteiger partial charge is 0.465 e. The molecule has 0 aliphatic rings. The minimum atomic E-state index is -0.942. The Morgan fingerprint density at radius 2 is 1.49 bits per heavy atom. The van der Waals surface area contributed by atoms with E-state index in [-0.39, 0.29) is 5.91 Å². The molecule has 0 saturated heterocycles. The van der Waals surface area contributed by atoms with Crippen LogP contribution in [-0.2, 0) is 0 Å². The Balaban J connectivity index is 1.52. The predicted molar refractivity (Wildman–Crippen MR) is 151 cm³/mol. The molecule has 0 aliphatic carbocycles. The molecule has 0 unspecified atom stereocenters. The van der Waals surface area contributed by atoms with Crippen molar-refractivity contribution in [2.24, 2.45) is 0 Å². The number of fused-ring (bicyclic) bond motifs is 1. The molecular formula is C29H39N5O3. The second-order valence-electron chi connectivity index (χ2n) is 9.12. The van der Waals surface area contributed by atoms with E-state index in [0.29, 0.717) is 18.7 Å². The number of nitrogens with zero attached hydrogens (tertiary/aromatic N) is 1. The van der Waals surface area contributed by atoms with Gasteiger partial charge in [-0.05, 0) is 50.1 Å². The summed E-state index contributed by atoms with van der Waals surface area (Å²) in [4.78, 5) is 27.7. The molecule has 3 rings (SSSR count). The molecule has 0 atom stereocenters. The average molecular weight is 506 g/mol. The number of rotatable bonds is 16. The van der Waals surface area contributed by atoms with Crippen molar-refractivity contribution in [3.63, 3.8) is 0 Å². The standard InChI is InChI=1S/C29H39N5O3/c1-2-30-28(35)25-21-33-26-17-16-23(20-24(26)27(25)34-22-14-10-9-11-15-22)31-18-12-7-5-3-4-6-8-13-19-32-29(36)37/h9-11,14-17,20-21,31-32H,2-8,12-13,18-19H2,1H3,(H,30,35)(H,33,34)(H,36,37). The van der Waals surface area contributed by atoms with Crippen LogP contribution in [0.15, 0.2) is 54.7 Å². The first-order valence-corrected chi connectivity index (χ1v) is 13.3. The Kier molecular flexibility index (Phi) is 11.5. The zero-order valence-electron chi connectivity index (χ0n) is 21.7. The highest BCUT2D eigenvalue weighted by Gasteiger charge is 2.16. The molecule has 198 valence electrons. The first-order chi connectivity index (χ1) is 18.1. The second-order valence-corrected chi connectivity index (χ2v) is 9.12. The number of nitrogens with one attached hydrogen (secondary N) is 4. The van der Waals surface area contributed by atoms with Crippen LogP contribution >= 0.6 is 0 Å². The molecule has 0 saturated carbocycles. The summed E-state index contributed by atoms with van der Waals surface area (Å²) in [5.41, 5.74) is 4.03. The molecule has 2 aromatic carbocycles. The van der Waals surface area contributed by atoms with Gasteiger partial charge in [0.2, 0.25) is 0 Å². The Hall–Kier alpha value is -3.81. The van der Waals surface area contributed by atoms with Crippen molar-refractivity contribution in [1.82, 2.24) is 15.6 Å². The number of amides is 2. The lowest BCUT2D eigenvalue weighted by Gasteiger charge is -2.16. The normalized spacial score (nSPS) is 10.7. The molecule has 37 heavy (non-hydrogen) atoms. The summed E-state index contributed by atoms with van der Waals surface area (Å²) < 4.78 is 0. The van der Waals surface area contributed by atoms with E-state index < -0.39 is 6.09 Å². The molecule has 2 amide bonds. The number of hydrogen-bond donors (Lipinski definition) is 5. The van der Waals surface area contributed by atoms with E-state index in [9.17, 15) is 9.59 Å². The van der Waals surface area contributed by atoms with Crippen LogP contribution in [0.4, 0.5) is 21.9 Å². The van der Waals surface area contributed by atoms with Gasteiger partial charge in [-0.3, -0.25) is 9.78 Å². The zero-order chi connectivity index (χ0) is 26.3. The van der Waals surface area contributed by atoms with Crippen LogP contribution in [0.2, 0.25) is 0 Å². The number of benzene rings is 2. The molecule has 0 aliphatic heterocycles. The number of carbonyl (C=O) groups is 2. The number of anilines is 3. The molecule has 3 aromatic rings. The summed E-state index contributed by atoms with van der Waals surface area (Å²) >= 11 is 0. The maximum atomic E-state index is 12.8.